The topological polar surface area (TPSA) is 245 Å². The molecule has 0 aliphatic carbocycles. The predicted octanol–water partition coefficient (Wildman–Crippen LogP) is 4.61. The fourth-order valence-electron chi connectivity index (χ4n) is 5.10. The van der Waals surface area contributed by atoms with Crippen molar-refractivity contribution in [3.63, 3.8) is 0 Å². The second-order valence-electron chi connectivity index (χ2n) is 13.5. The number of phosphoric ester groups is 1. The predicted molar refractivity (Wildman–Crippen MR) is 189 cm³/mol. The van der Waals surface area contributed by atoms with Crippen LogP contribution in [0.15, 0.2) is 52.2 Å². The van der Waals surface area contributed by atoms with E-state index in [1.54, 1.807) is 44.2 Å². The van der Waals surface area contributed by atoms with Gasteiger partial charge in [-0.15, -0.1) is 0 Å². The summed E-state index contributed by atoms with van der Waals surface area (Å²) in [5.41, 5.74) is -5.28. The van der Waals surface area contributed by atoms with Crippen molar-refractivity contribution in [3.05, 3.63) is 69.0 Å². The SMILES string of the molecule is CC(C)OC(=O)OCOP(=O)(OCOC(=O)OC(C)C)OC[C@]1(CF)C[C@@](C)(OC(=O)C(NC(=O)OCc2ccccc2)C(C)C)[C@H](n2ccc(=O)[nH]c2=O)O1. The molecule has 1 unspecified atom stereocenters. The Morgan fingerprint density at radius 1 is 0.929 bits per heavy atom. The Morgan fingerprint density at radius 2 is 1.52 bits per heavy atom. The zero-order valence-corrected chi connectivity index (χ0v) is 32.8. The molecule has 1 aromatic heterocycles. The number of aromatic amines is 1. The maximum atomic E-state index is 15.2. The van der Waals surface area contributed by atoms with Crippen LogP contribution in [0.2, 0.25) is 0 Å². The van der Waals surface area contributed by atoms with Crippen LogP contribution >= 0.6 is 7.82 Å². The van der Waals surface area contributed by atoms with Gasteiger partial charge in [-0.3, -0.25) is 18.9 Å². The number of alkyl halides is 1. The lowest BCUT2D eigenvalue weighted by Gasteiger charge is -2.32. The van der Waals surface area contributed by atoms with Gasteiger partial charge in [-0.05, 0) is 46.1 Å². The van der Waals surface area contributed by atoms with E-state index in [1.807, 2.05) is 4.98 Å². The van der Waals surface area contributed by atoms with E-state index in [2.05, 4.69) is 5.32 Å². The maximum absolute atomic E-state index is 15.2. The largest absolute Gasteiger partial charge is 0.510 e. The number of nitrogens with one attached hydrogen (secondary N) is 2. The van der Waals surface area contributed by atoms with Gasteiger partial charge in [-0.25, -0.2) is 42.0 Å². The van der Waals surface area contributed by atoms with Gasteiger partial charge in [-0.1, -0.05) is 44.2 Å². The Balaban J connectivity index is 1.88. The van der Waals surface area contributed by atoms with Crippen molar-refractivity contribution >= 4 is 32.2 Å². The van der Waals surface area contributed by atoms with E-state index in [1.165, 1.54) is 34.6 Å². The van der Waals surface area contributed by atoms with E-state index in [0.29, 0.717) is 5.56 Å². The standard InChI is InChI=1S/C34H47FN3O17P/c1-21(2)26(37-30(42)46-15-24-11-9-8-10-12-24)27(40)54-33(7)16-34(17-35,55-28(33)38-14-13-25(39)36-29(38)41)18-49-56(45,50-19-47-31(43)52-22(3)4)51-20-48-32(44)53-23(5)6/h8-14,21-23,26,28H,15-20H2,1-7H3,(H,37,42)(H,36,39,41)/t26?,28-,33-,34-/m1/s1. The molecule has 3 rings (SSSR count). The summed E-state index contributed by atoms with van der Waals surface area (Å²) in [7, 11) is -4.96. The summed E-state index contributed by atoms with van der Waals surface area (Å²) in [6, 6.07) is 8.39. The Labute approximate surface area is 320 Å². The first-order chi connectivity index (χ1) is 26.3. The van der Waals surface area contributed by atoms with Crippen molar-refractivity contribution in [1.82, 2.24) is 14.9 Å². The van der Waals surface area contributed by atoms with E-state index in [-0.39, 0.29) is 6.61 Å². The number of alkyl carbamates (subject to hydrolysis) is 1. The summed E-state index contributed by atoms with van der Waals surface area (Å²) in [4.78, 5) is 77.1. The summed E-state index contributed by atoms with van der Waals surface area (Å²) in [5, 5.41) is 2.46. The van der Waals surface area contributed by atoms with Crippen molar-refractivity contribution in [2.45, 2.75) is 97.2 Å². The minimum absolute atomic E-state index is 0.103. The number of phosphoric acid groups is 1. The molecule has 20 nitrogen and oxygen atoms in total. The Hall–Kier alpha value is -4.82. The molecule has 1 aliphatic rings. The van der Waals surface area contributed by atoms with Gasteiger partial charge in [0.1, 0.15) is 24.9 Å². The minimum atomic E-state index is -4.96. The number of hydrogen-bond acceptors (Lipinski definition) is 17. The molecule has 4 atom stereocenters. The van der Waals surface area contributed by atoms with E-state index in [9.17, 15) is 33.3 Å². The molecule has 56 heavy (non-hydrogen) atoms. The third-order valence-corrected chi connectivity index (χ3v) is 8.86. The molecule has 2 aromatic rings. The van der Waals surface area contributed by atoms with E-state index >= 15 is 4.39 Å². The van der Waals surface area contributed by atoms with Crippen LogP contribution < -0.4 is 16.6 Å². The van der Waals surface area contributed by atoms with Crippen LogP contribution in [0.1, 0.15) is 66.7 Å². The lowest BCUT2D eigenvalue weighted by atomic mass is 9.91. The number of ether oxygens (including phenoxy) is 7. The number of nitrogens with zero attached hydrogens (tertiary/aromatic N) is 1. The minimum Gasteiger partial charge on any atom is -0.453 e. The molecule has 0 saturated carbocycles. The van der Waals surface area contributed by atoms with E-state index in [0.717, 1.165) is 16.8 Å². The molecule has 2 heterocycles. The summed E-state index contributed by atoms with van der Waals surface area (Å²) >= 11 is 0. The molecule has 1 amide bonds. The third kappa shape index (κ3) is 13.7. The van der Waals surface area contributed by atoms with Gasteiger partial charge < -0.3 is 38.5 Å². The molecule has 1 saturated heterocycles. The number of amides is 1. The Bertz CT molecular complexity index is 1770. The molecule has 0 spiro atoms. The van der Waals surface area contributed by atoms with Crippen LogP contribution in [0.4, 0.5) is 18.8 Å². The molecule has 312 valence electrons. The number of aromatic nitrogens is 2. The number of hydrogen-bond donors (Lipinski definition) is 2. The quantitative estimate of drug-likeness (QED) is 0.0850. The molecule has 22 heteroatoms. The zero-order chi connectivity index (χ0) is 41.7. The summed E-state index contributed by atoms with van der Waals surface area (Å²) < 4.78 is 81.4. The van der Waals surface area contributed by atoms with Crippen LogP contribution in [0.3, 0.4) is 0 Å². The van der Waals surface area contributed by atoms with Gasteiger partial charge in [0.05, 0.1) is 18.8 Å². The van der Waals surface area contributed by atoms with Gasteiger partial charge in [0.15, 0.2) is 11.8 Å². The number of carbonyl (C=O) groups excluding carboxylic acids is 4. The average Bonchev–Trinajstić information content (AvgIpc) is 3.40. The van der Waals surface area contributed by atoms with Crippen LogP contribution in [-0.2, 0) is 62.7 Å². The normalized spacial score (nSPS) is 20.0. The highest BCUT2D eigenvalue weighted by Crippen LogP contribution is 2.53. The third-order valence-electron chi connectivity index (χ3n) is 7.57. The van der Waals surface area contributed by atoms with Crippen molar-refractivity contribution < 1.29 is 74.9 Å². The number of rotatable bonds is 19. The van der Waals surface area contributed by atoms with Crippen LogP contribution in [-0.4, -0.2) is 90.2 Å². The molecular weight excluding hydrogens is 772 g/mol. The molecule has 1 aliphatic heterocycles. The van der Waals surface area contributed by atoms with Gasteiger partial charge in [0, 0.05) is 18.7 Å². The number of esters is 1. The van der Waals surface area contributed by atoms with Crippen molar-refractivity contribution in [2.75, 3.05) is 26.9 Å². The monoisotopic (exact) mass is 819 g/mol. The van der Waals surface area contributed by atoms with E-state index in [4.69, 9.17) is 46.7 Å². The zero-order valence-electron chi connectivity index (χ0n) is 31.9. The Morgan fingerprint density at radius 3 is 2.04 bits per heavy atom. The van der Waals surface area contributed by atoms with Crippen molar-refractivity contribution in [2.24, 2.45) is 5.92 Å². The molecule has 0 radical (unpaired) electrons. The highest BCUT2D eigenvalue weighted by Gasteiger charge is 2.59. The molecular formula is C34H47FN3O17P. The highest BCUT2D eigenvalue weighted by molar-refractivity contribution is 7.48. The van der Waals surface area contributed by atoms with Crippen LogP contribution in [0.25, 0.3) is 0 Å². The van der Waals surface area contributed by atoms with Gasteiger partial charge >= 0.3 is 37.9 Å². The van der Waals surface area contributed by atoms with Crippen LogP contribution in [0.5, 0.6) is 0 Å². The van der Waals surface area contributed by atoms with Gasteiger partial charge in [0.2, 0.25) is 13.6 Å². The smallest absolute Gasteiger partial charge is 0.453 e. The van der Waals surface area contributed by atoms with Crippen molar-refractivity contribution in [1.29, 1.82) is 0 Å². The Kier molecular flexibility index (Phi) is 16.6. The maximum Gasteiger partial charge on any atom is 0.510 e. The lowest BCUT2D eigenvalue weighted by molar-refractivity contribution is -0.177. The molecule has 2 N–H and O–H groups in total. The van der Waals surface area contributed by atoms with Gasteiger partial charge in [0.25, 0.3) is 5.56 Å². The van der Waals surface area contributed by atoms with Gasteiger partial charge in [-0.2, -0.15) is 0 Å². The molecule has 1 aromatic carbocycles. The van der Waals surface area contributed by atoms with Crippen LogP contribution in [0, 0.1) is 5.92 Å². The lowest BCUT2D eigenvalue weighted by Crippen LogP contribution is -2.50. The number of benzene rings is 1. The fourth-order valence-corrected chi connectivity index (χ4v) is 6.08. The first-order valence-electron chi connectivity index (χ1n) is 17.2. The molecule has 0 bridgehead atoms. The average molecular weight is 820 g/mol. The number of H-pyrrole nitrogens is 1. The second kappa shape index (κ2) is 20.4. The summed E-state index contributed by atoms with van der Waals surface area (Å²) in [6.07, 6.45) is -5.80. The number of carbonyl (C=O) groups is 4. The highest BCUT2D eigenvalue weighted by atomic mass is 31.2. The van der Waals surface area contributed by atoms with Crippen molar-refractivity contribution in [3.8, 4) is 0 Å². The number of halogens is 1. The first kappa shape index (κ1) is 45.6. The van der Waals surface area contributed by atoms with E-state index < -0.39 is 118 Å². The molecule has 1 fully saturated rings. The fraction of sp³-hybridized carbons (Fsp3) is 0.588. The summed E-state index contributed by atoms with van der Waals surface area (Å²) in [5.74, 6) is -1.62. The summed E-state index contributed by atoms with van der Waals surface area (Å²) in [6.45, 7) is 5.95. The first-order valence-corrected chi connectivity index (χ1v) is 18.7. The second-order valence-corrected chi connectivity index (χ2v) is 15.1.